The average molecular weight is 544 g/mol. The van der Waals surface area contributed by atoms with Crippen LogP contribution in [0.2, 0.25) is 0 Å². The first-order valence-corrected chi connectivity index (χ1v) is 14.0. The van der Waals surface area contributed by atoms with E-state index in [1.807, 2.05) is 42.9 Å². The second-order valence-corrected chi connectivity index (χ2v) is 10.4. The molecule has 2 N–H and O–H groups in total. The number of para-hydroxylation sites is 1. The van der Waals surface area contributed by atoms with Gasteiger partial charge in [0.05, 0.1) is 24.2 Å². The molecule has 7 nitrogen and oxygen atoms in total. The molecule has 206 valence electrons. The number of benzene rings is 3. The van der Waals surface area contributed by atoms with Crippen molar-refractivity contribution in [2.24, 2.45) is 0 Å². The molecule has 41 heavy (non-hydrogen) atoms. The van der Waals surface area contributed by atoms with Gasteiger partial charge in [0.1, 0.15) is 5.75 Å². The van der Waals surface area contributed by atoms with Crippen molar-refractivity contribution in [3.05, 3.63) is 137 Å². The molecule has 0 aliphatic carbocycles. The maximum absolute atomic E-state index is 13.0. The van der Waals surface area contributed by atoms with Crippen molar-refractivity contribution in [2.45, 2.75) is 39.0 Å². The Kier molecular flexibility index (Phi) is 7.87. The highest BCUT2D eigenvalue weighted by molar-refractivity contribution is 5.97. The summed E-state index contributed by atoms with van der Waals surface area (Å²) in [6, 6.07) is 26.9. The van der Waals surface area contributed by atoms with Crippen molar-refractivity contribution in [3.63, 3.8) is 0 Å². The minimum atomic E-state index is -0.147. The third kappa shape index (κ3) is 6.05. The van der Waals surface area contributed by atoms with E-state index in [4.69, 9.17) is 4.74 Å². The summed E-state index contributed by atoms with van der Waals surface area (Å²) in [5, 5.41) is 6.69. The lowest BCUT2D eigenvalue weighted by atomic mass is 9.97. The predicted molar refractivity (Wildman–Crippen MR) is 159 cm³/mol. The molecule has 2 aromatic heterocycles. The molecular formula is C34H33N5O2. The minimum Gasteiger partial charge on any atom is -0.492 e. The summed E-state index contributed by atoms with van der Waals surface area (Å²) >= 11 is 0. The summed E-state index contributed by atoms with van der Waals surface area (Å²) in [6.07, 6.45) is 8.07. The number of aryl methyl sites for hydroxylation is 1. The molecule has 0 fully saturated rings. The maximum Gasteiger partial charge on any atom is 0.255 e. The Hall–Kier alpha value is -4.75. The molecule has 0 unspecified atom stereocenters. The van der Waals surface area contributed by atoms with Gasteiger partial charge in [-0.3, -0.25) is 9.78 Å². The van der Waals surface area contributed by atoms with Gasteiger partial charge in [-0.2, -0.15) is 0 Å². The Morgan fingerprint density at radius 1 is 0.927 bits per heavy atom. The van der Waals surface area contributed by atoms with Crippen LogP contribution in [0.4, 0.5) is 0 Å². The largest absolute Gasteiger partial charge is 0.492 e. The standard InChI is InChI=1S/C34H33N5O2/c1-24-5-2-3-6-29(24)27-11-9-26(10-12-27)22-39-23-36-20-28(39)21-37-32-15-18-41-33-30(32)7-4-8-31(33)34(40)38-19-25-13-16-35-17-14-25/h2-14,16-17,20,23,32,37H,15,18-19,21-22H2,1H3,(H,38,40)/t32-/m1/s1. The van der Waals surface area contributed by atoms with Gasteiger partial charge in [0.25, 0.3) is 5.91 Å². The van der Waals surface area contributed by atoms with Crippen LogP contribution in [0.25, 0.3) is 11.1 Å². The zero-order valence-corrected chi connectivity index (χ0v) is 23.1. The van der Waals surface area contributed by atoms with Crippen LogP contribution < -0.4 is 15.4 Å². The number of carbonyl (C=O) groups is 1. The van der Waals surface area contributed by atoms with Crippen LogP contribution in [0.3, 0.4) is 0 Å². The van der Waals surface area contributed by atoms with Crippen LogP contribution in [0, 0.1) is 6.92 Å². The van der Waals surface area contributed by atoms with Gasteiger partial charge in [0, 0.05) is 56.3 Å². The highest BCUT2D eigenvalue weighted by Crippen LogP contribution is 2.35. The van der Waals surface area contributed by atoms with Crippen LogP contribution in [0.5, 0.6) is 5.75 Å². The number of nitrogens with zero attached hydrogens (tertiary/aromatic N) is 3. The van der Waals surface area contributed by atoms with E-state index in [2.05, 4.69) is 80.6 Å². The number of ether oxygens (including phenoxy) is 1. The minimum absolute atomic E-state index is 0.0726. The van der Waals surface area contributed by atoms with Crippen molar-refractivity contribution in [2.75, 3.05) is 6.61 Å². The second kappa shape index (κ2) is 12.2. The fourth-order valence-corrected chi connectivity index (χ4v) is 5.34. The molecule has 0 spiro atoms. The Labute approximate surface area is 240 Å². The molecular weight excluding hydrogens is 510 g/mol. The van der Waals surface area contributed by atoms with Crippen LogP contribution >= 0.6 is 0 Å². The van der Waals surface area contributed by atoms with Crippen LogP contribution in [0.1, 0.15) is 50.8 Å². The highest BCUT2D eigenvalue weighted by atomic mass is 16.5. The molecule has 1 atom stereocenters. The summed E-state index contributed by atoms with van der Waals surface area (Å²) in [5.74, 6) is 0.511. The number of hydrogen-bond acceptors (Lipinski definition) is 5. The number of pyridine rings is 1. The van der Waals surface area contributed by atoms with Crippen LogP contribution in [-0.2, 0) is 19.6 Å². The average Bonchev–Trinajstić information content (AvgIpc) is 3.46. The first-order chi connectivity index (χ1) is 20.2. The van der Waals surface area contributed by atoms with E-state index in [1.54, 1.807) is 12.4 Å². The van der Waals surface area contributed by atoms with Gasteiger partial charge >= 0.3 is 0 Å². The van der Waals surface area contributed by atoms with Crippen molar-refractivity contribution >= 4 is 5.91 Å². The number of hydrogen-bond donors (Lipinski definition) is 2. The van der Waals surface area contributed by atoms with Gasteiger partial charge in [-0.1, -0.05) is 60.7 Å². The van der Waals surface area contributed by atoms with Crippen molar-refractivity contribution in [3.8, 4) is 16.9 Å². The zero-order valence-electron chi connectivity index (χ0n) is 23.1. The predicted octanol–water partition coefficient (Wildman–Crippen LogP) is 5.85. The molecule has 3 heterocycles. The van der Waals surface area contributed by atoms with Gasteiger partial charge < -0.3 is 19.9 Å². The SMILES string of the molecule is Cc1ccccc1-c1ccc(Cn2cncc2CN[C@@H]2CCOc3c(C(=O)NCc4ccncc4)cccc32)cc1. The smallest absolute Gasteiger partial charge is 0.255 e. The number of fused-ring (bicyclic) bond motifs is 1. The number of carbonyl (C=O) groups excluding carboxylic acids is 1. The molecule has 6 rings (SSSR count). The Balaban J connectivity index is 1.11. The van der Waals surface area contributed by atoms with Gasteiger partial charge in [-0.05, 0) is 52.9 Å². The lowest BCUT2D eigenvalue weighted by Crippen LogP contribution is -2.30. The lowest BCUT2D eigenvalue weighted by molar-refractivity contribution is 0.0945. The topological polar surface area (TPSA) is 81.1 Å². The number of rotatable bonds is 9. The molecule has 0 radical (unpaired) electrons. The van der Waals surface area contributed by atoms with Crippen LogP contribution in [-0.4, -0.2) is 27.0 Å². The van der Waals surface area contributed by atoms with Gasteiger partial charge in [-0.25, -0.2) is 4.98 Å². The van der Waals surface area contributed by atoms with Crippen molar-refractivity contribution in [1.29, 1.82) is 0 Å². The van der Waals surface area contributed by atoms with E-state index in [0.29, 0.717) is 31.0 Å². The Morgan fingerprint density at radius 2 is 1.76 bits per heavy atom. The third-order valence-electron chi connectivity index (χ3n) is 7.61. The number of nitrogens with one attached hydrogen (secondary N) is 2. The number of aromatic nitrogens is 3. The Morgan fingerprint density at radius 3 is 2.59 bits per heavy atom. The molecule has 5 aromatic rings. The van der Waals surface area contributed by atoms with Gasteiger partial charge in [0.15, 0.2) is 0 Å². The fraction of sp³-hybridized carbons (Fsp3) is 0.206. The fourth-order valence-electron chi connectivity index (χ4n) is 5.34. The molecule has 1 aliphatic heterocycles. The monoisotopic (exact) mass is 543 g/mol. The molecule has 0 saturated heterocycles. The Bertz CT molecular complexity index is 1630. The van der Waals surface area contributed by atoms with E-state index in [9.17, 15) is 4.79 Å². The molecule has 1 aliphatic rings. The van der Waals surface area contributed by atoms with E-state index < -0.39 is 0 Å². The summed E-state index contributed by atoms with van der Waals surface area (Å²) in [4.78, 5) is 21.5. The summed E-state index contributed by atoms with van der Waals surface area (Å²) < 4.78 is 8.20. The molecule has 0 bridgehead atoms. The second-order valence-electron chi connectivity index (χ2n) is 10.4. The van der Waals surface area contributed by atoms with E-state index in [-0.39, 0.29) is 11.9 Å². The van der Waals surface area contributed by atoms with Crippen molar-refractivity contribution in [1.82, 2.24) is 25.2 Å². The quantitative estimate of drug-likeness (QED) is 0.244. The molecule has 0 saturated carbocycles. The van der Waals surface area contributed by atoms with Crippen molar-refractivity contribution < 1.29 is 9.53 Å². The summed E-state index contributed by atoms with van der Waals surface area (Å²) in [5.41, 5.74) is 8.65. The van der Waals surface area contributed by atoms with E-state index in [0.717, 1.165) is 29.8 Å². The highest BCUT2D eigenvalue weighted by Gasteiger charge is 2.26. The summed E-state index contributed by atoms with van der Waals surface area (Å²) in [7, 11) is 0. The zero-order chi connectivity index (χ0) is 28.0. The first-order valence-electron chi connectivity index (χ1n) is 14.0. The molecule has 7 heteroatoms. The third-order valence-corrected chi connectivity index (χ3v) is 7.61. The number of amides is 1. The summed E-state index contributed by atoms with van der Waals surface area (Å²) in [6.45, 7) is 4.53. The van der Waals surface area contributed by atoms with E-state index >= 15 is 0 Å². The number of imidazole rings is 1. The normalized spacial score (nSPS) is 14.2. The molecule has 3 aromatic carbocycles. The van der Waals surface area contributed by atoms with Gasteiger partial charge in [0.2, 0.25) is 0 Å². The van der Waals surface area contributed by atoms with Crippen LogP contribution in [0.15, 0.2) is 104 Å². The van der Waals surface area contributed by atoms with Gasteiger partial charge in [-0.15, -0.1) is 0 Å². The molecule has 1 amide bonds. The van der Waals surface area contributed by atoms with E-state index in [1.165, 1.54) is 22.3 Å². The maximum atomic E-state index is 13.0. The first kappa shape index (κ1) is 26.5. The lowest BCUT2D eigenvalue weighted by Gasteiger charge is -2.28.